The Morgan fingerprint density at radius 3 is 2.16 bits per heavy atom. The molecule has 0 bridgehead atoms. The van der Waals surface area contributed by atoms with Crippen LogP contribution in [0.4, 0.5) is 0 Å². The lowest BCUT2D eigenvalue weighted by Crippen LogP contribution is -2.38. The summed E-state index contributed by atoms with van der Waals surface area (Å²) in [6.07, 6.45) is 1.47. The van der Waals surface area contributed by atoms with Gasteiger partial charge in [0.05, 0.1) is 20.8 Å². The predicted octanol–water partition coefficient (Wildman–Crippen LogP) is 1.33. The molecule has 1 unspecified atom stereocenters. The van der Waals surface area contributed by atoms with Crippen molar-refractivity contribution in [2.45, 2.75) is 41.7 Å². The normalized spacial score (nSPS) is 19.2. The van der Waals surface area contributed by atoms with Gasteiger partial charge >= 0.3 is 0 Å². The lowest BCUT2D eigenvalue weighted by Gasteiger charge is -2.23. The molecule has 142 valence electrons. The summed E-state index contributed by atoms with van der Waals surface area (Å²) in [5.74, 6) is 0.0350. The Labute approximate surface area is 151 Å². The van der Waals surface area contributed by atoms with Crippen molar-refractivity contribution in [3.63, 3.8) is 0 Å². The number of hydrogen-bond acceptors (Lipinski definition) is 6. The highest BCUT2D eigenvalue weighted by molar-refractivity contribution is 7.92. The van der Waals surface area contributed by atoms with Crippen LogP contribution in [0.5, 0.6) is 0 Å². The van der Waals surface area contributed by atoms with Gasteiger partial charge in [0, 0.05) is 13.1 Å². The summed E-state index contributed by atoms with van der Waals surface area (Å²) in [7, 11) is -6.83. The molecule has 0 aromatic heterocycles. The van der Waals surface area contributed by atoms with Gasteiger partial charge in [-0.2, -0.15) is 0 Å². The molecule has 1 heterocycles. The molecule has 0 saturated carbocycles. The maximum absolute atomic E-state index is 12.6. The largest absolute Gasteiger partial charge is 0.315 e. The van der Waals surface area contributed by atoms with Crippen LogP contribution in [0.3, 0.4) is 0 Å². The van der Waals surface area contributed by atoms with Crippen LogP contribution in [0.1, 0.15) is 26.7 Å². The average Bonchev–Trinajstić information content (AvgIpc) is 2.63. The number of nitrogens with zero attached hydrogens (tertiary/aromatic N) is 1. The smallest absolute Gasteiger partial charge is 0.182 e. The summed E-state index contributed by atoms with van der Waals surface area (Å²) in [6.45, 7) is 7.37. The van der Waals surface area contributed by atoms with Crippen LogP contribution >= 0.6 is 0 Å². The molecule has 0 aliphatic carbocycles. The highest BCUT2D eigenvalue weighted by Crippen LogP contribution is 2.23. The van der Waals surface area contributed by atoms with Gasteiger partial charge in [0.1, 0.15) is 0 Å². The molecule has 8 heteroatoms. The second-order valence-electron chi connectivity index (χ2n) is 6.33. The van der Waals surface area contributed by atoms with E-state index in [0.717, 1.165) is 26.1 Å². The fourth-order valence-electron chi connectivity index (χ4n) is 3.02. The van der Waals surface area contributed by atoms with Gasteiger partial charge in [-0.3, -0.25) is 0 Å². The van der Waals surface area contributed by atoms with E-state index in [9.17, 15) is 16.8 Å². The topological polar surface area (TPSA) is 83.6 Å². The van der Waals surface area contributed by atoms with Gasteiger partial charge in [-0.1, -0.05) is 13.8 Å². The fourth-order valence-corrected chi connectivity index (χ4v) is 6.02. The molecule has 1 aromatic carbocycles. The zero-order valence-electron chi connectivity index (χ0n) is 14.9. The highest BCUT2D eigenvalue weighted by Gasteiger charge is 2.29. The minimum atomic E-state index is -3.42. The van der Waals surface area contributed by atoms with Crippen molar-refractivity contribution in [3.8, 4) is 0 Å². The summed E-state index contributed by atoms with van der Waals surface area (Å²) in [5, 5.41) is 2.67. The fraction of sp³-hybridized carbons (Fsp3) is 0.647. The van der Waals surface area contributed by atoms with E-state index in [1.165, 1.54) is 24.3 Å². The van der Waals surface area contributed by atoms with Gasteiger partial charge < -0.3 is 10.2 Å². The van der Waals surface area contributed by atoms with E-state index in [2.05, 4.69) is 5.32 Å². The Kier molecular flexibility index (Phi) is 7.01. The van der Waals surface area contributed by atoms with E-state index in [0.29, 0.717) is 19.5 Å². The van der Waals surface area contributed by atoms with Crippen LogP contribution in [-0.2, 0) is 19.7 Å². The summed E-state index contributed by atoms with van der Waals surface area (Å²) in [4.78, 5) is 2.43. The Bertz CT molecular complexity index is 748. The molecular weight excluding hydrogens is 360 g/mol. The van der Waals surface area contributed by atoms with E-state index < -0.39 is 24.9 Å². The standard InChI is InChI=1S/C17H28N2O4S2/c1-3-19(4-2)12-13-24(20,21)15-7-9-16(10-8-15)25(22,23)17-6-5-11-18-14-17/h7-10,17-18H,3-6,11-14H2,1-2H3. The van der Waals surface area contributed by atoms with Crippen molar-refractivity contribution >= 4 is 19.7 Å². The molecule has 0 spiro atoms. The van der Waals surface area contributed by atoms with Crippen molar-refractivity contribution in [2.24, 2.45) is 0 Å². The molecule has 1 saturated heterocycles. The third-order valence-corrected chi connectivity index (χ3v) is 8.69. The van der Waals surface area contributed by atoms with E-state index in [1.807, 2.05) is 18.7 Å². The Morgan fingerprint density at radius 1 is 1.04 bits per heavy atom. The Morgan fingerprint density at radius 2 is 1.64 bits per heavy atom. The van der Waals surface area contributed by atoms with E-state index in [1.54, 1.807) is 0 Å². The van der Waals surface area contributed by atoms with Gasteiger partial charge in [-0.15, -0.1) is 0 Å². The number of rotatable bonds is 8. The first-order valence-corrected chi connectivity index (χ1v) is 12.0. The van der Waals surface area contributed by atoms with Crippen LogP contribution in [-0.4, -0.2) is 65.5 Å². The molecule has 2 rings (SSSR count). The SMILES string of the molecule is CCN(CC)CCS(=O)(=O)c1ccc(S(=O)(=O)C2CCCNC2)cc1. The minimum absolute atomic E-state index is 0.0350. The number of piperidine rings is 1. The molecule has 1 atom stereocenters. The van der Waals surface area contributed by atoms with Crippen molar-refractivity contribution in [1.82, 2.24) is 10.2 Å². The summed E-state index contributed by atoms with van der Waals surface area (Å²) in [6, 6.07) is 5.68. The van der Waals surface area contributed by atoms with Crippen molar-refractivity contribution in [3.05, 3.63) is 24.3 Å². The van der Waals surface area contributed by atoms with Gasteiger partial charge in [0.15, 0.2) is 19.7 Å². The zero-order chi connectivity index (χ0) is 18.5. The lowest BCUT2D eigenvalue weighted by molar-refractivity contribution is 0.321. The third-order valence-electron chi connectivity index (χ3n) is 4.77. The first-order valence-electron chi connectivity index (χ1n) is 8.81. The molecule has 0 amide bonds. The van der Waals surface area contributed by atoms with Crippen molar-refractivity contribution < 1.29 is 16.8 Å². The molecule has 0 radical (unpaired) electrons. The quantitative estimate of drug-likeness (QED) is 0.723. The Balaban J connectivity index is 2.13. The number of nitrogens with one attached hydrogen (secondary N) is 1. The summed E-state index contributed by atoms with van der Waals surface area (Å²) in [5.41, 5.74) is 0. The van der Waals surface area contributed by atoms with Crippen LogP contribution in [0.2, 0.25) is 0 Å². The van der Waals surface area contributed by atoms with Crippen molar-refractivity contribution in [2.75, 3.05) is 38.5 Å². The second kappa shape index (κ2) is 8.62. The number of hydrogen-bond donors (Lipinski definition) is 1. The molecule has 25 heavy (non-hydrogen) atoms. The maximum Gasteiger partial charge on any atom is 0.182 e. The minimum Gasteiger partial charge on any atom is -0.315 e. The molecule has 1 N–H and O–H groups in total. The molecule has 1 aliphatic heterocycles. The molecule has 1 aliphatic rings. The predicted molar refractivity (Wildman–Crippen MR) is 99.4 cm³/mol. The first kappa shape index (κ1) is 20.4. The molecule has 6 nitrogen and oxygen atoms in total. The number of benzene rings is 1. The van der Waals surface area contributed by atoms with Crippen molar-refractivity contribution in [1.29, 1.82) is 0 Å². The van der Waals surface area contributed by atoms with Crippen LogP contribution < -0.4 is 5.32 Å². The van der Waals surface area contributed by atoms with Gasteiger partial charge in [0.25, 0.3) is 0 Å². The second-order valence-corrected chi connectivity index (χ2v) is 10.7. The number of sulfone groups is 2. The van der Waals surface area contributed by atoms with E-state index >= 15 is 0 Å². The summed E-state index contributed by atoms with van der Waals surface area (Å²) >= 11 is 0. The summed E-state index contributed by atoms with van der Waals surface area (Å²) < 4.78 is 50.2. The molecule has 1 aromatic rings. The van der Waals surface area contributed by atoms with Crippen LogP contribution in [0, 0.1) is 0 Å². The van der Waals surface area contributed by atoms with Gasteiger partial charge in [-0.25, -0.2) is 16.8 Å². The molecular formula is C17H28N2O4S2. The first-order chi connectivity index (χ1) is 11.8. The van der Waals surface area contributed by atoms with E-state index in [4.69, 9.17) is 0 Å². The Hall–Kier alpha value is -0.960. The third kappa shape index (κ3) is 5.03. The van der Waals surface area contributed by atoms with Gasteiger partial charge in [-0.05, 0) is 56.7 Å². The maximum atomic E-state index is 12.6. The zero-order valence-corrected chi connectivity index (χ0v) is 16.6. The molecule has 1 fully saturated rings. The van der Waals surface area contributed by atoms with Crippen LogP contribution in [0.25, 0.3) is 0 Å². The van der Waals surface area contributed by atoms with Crippen LogP contribution in [0.15, 0.2) is 34.1 Å². The monoisotopic (exact) mass is 388 g/mol. The van der Waals surface area contributed by atoms with Gasteiger partial charge in [0.2, 0.25) is 0 Å². The highest BCUT2D eigenvalue weighted by atomic mass is 32.2. The van der Waals surface area contributed by atoms with E-state index in [-0.39, 0.29) is 15.5 Å². The average molecular weight is 389 g/mol. The lowest BCUT2D eigenvalue weighted by atomic mass is 10.2.